The minimum Gasteiger partial charge on any atom is -0.488 e. The van der Waals surface area contributed by atoms with Gasteiger partial charge in [-0.15, -0.1) is 0 Å². The van der Waals surface area contributed by atoms with E-state index in [2.05, 4.69) is 17.4 Å². The summed E-state index contributed by atoms with van der Waals surface area (Å²) in [5, 5.41) is 4.01. The number of ether oxygens (including phenoxy) is 1. The molecule has 0 aliphatic heterocycles. The first-order chi connectivity index (χ1) is 12.2. The molecule has 3 aromatic rings. The fraction of sp³-hybridized carbons (Fsp3) is 0.286. The summed E-state index contributed by atoms with van der Waals surface area (Å²) in [4.78, 5) is 11.1. The second kappa shape index (κ2) is 10.9. The van der Waals surface area contributed by atoms with Gasteiger partial charge in [-0.2, -0.15) is 0 Å². The standard InChI is InChI=1S/C10H8O2.C9H11NO.C2H6.H2/c1-7-6-8-4-2-3-5-9(8)12-10(7)11;1-10-7-8-5-3-4-6-9(8)11-2;1-2;/h2-6H,1H3;3,5,10H,7H2,1-2H3;1-2H3;1H. The van der Waals surface area contributed by atoms with Crippen molar-refractivity contribution in [2.75, 3.05) is 14.2 Å². The molecule has 0 bridgehead atoms. The Bertz CT molecular complexity index is 831. The molecule has 0 saturated heterocycles. The smallest absolute Gasteiger partial charge is 0.339 e. The van der Waals surface area contributed by atoms with Crippen molar-refractivity contribution < 1.29 is 10.6 Å². The fourth-order valence-electron chi connectivity index (χ4n) is 2.08. The summed E-state index contributed by atoms with van der Waals surface area (Å²) < 4.78 is 10.1. The van der Waals surface area contributed by atoms with Crippen molar-refractivity contribution in [2.24, 2.45) is 0 Å². The molecular formula is C21H27NO3. The second-order valence-corrected chi connectivity index (χ2v) is 4.95. The first-order valence-corrected chi connectivity index (χ1v) is 8.25. The van der Waals surface area contributed by atoms with Crippen LogP contribution in [0.25, 0.3) is 11.0 Å². The monoisotopic (exact) mass is 341 g/mol. The van der Waals surface area contributed by atoms with E-state index in [1.54, 1.807) is 20.1 Å². The highest BCUT2D eigenvalue weighted by Gasteiger charge is 1.98. The molecule has 0 amide bonds. The van der Waals surface area contributed by atoms with Crippen LogP contribution in [-0.2, 0) is 6.54 Å². The normalized spacial score (nSPS) is 9.16. The van der Waals surface area contributed by atoms with Crippen LogP contribution >= 0.6 is 0 Å². The predicted molar refractivity (Wildman–Crippen MR) is 104 cm³/mol. The summed E-state index contributed by atoms with van der Waals surface area (Å²) >= 11 is 0. The van der Waals surface area contributed by atoms with E-state index >= 15 is 0 Å². The van der Waals surface area contributed by atoms with Gasteiger partial charge in [0.1, 0.15) is 5.58 Å². The fourth-order valence-corrected chi connectivity index (χ4v) is 2.08. The largest absolute Gasteiger partial charge is 0.488 e. The Morgan fingerprint density at radius 3 is 2.64 bits per heavy atom. The van der Waals surface area contributed by atoms with Crippen LogP contribution in [0.1, 0.15) is 26.4 Å². The van der Waals surface area contributed by atoms with Gasteiger partial charge < -0.3 is 14.5 Å². The Morgan fingerprint density at radius 2 is 1.96 bits per heavy atom. The molecule has 4 heteroatoms. The lowest BCUT2D eigenvalue weighted by molar-refractivity contribution is 0.408. The highest BCUT2D eigenvalue weighted by molar-refractivity contribution is 5.76. The van der Waals surface area contributed by atoms with Gasteiger partial charge in [0, 0.05) is 24.5 Å². The molecule has 2 aromatic carbocycles. The molecule has 0 spiro atoms. The zero-order chi connectivity index (χ0) is 18.7. The third-order valence-corrected chi connectivity index (χ3v) is 3.23. The Kier molecular flexibility index (Phi) is 8.84. The van der Waals surface area contributed by atoms with Gasteiger partial charge in [-0.1, -0.05) is 38.1 Å². The van der Waals surface area contributed by atoms with Crippen LogP contribution in [0.5, 0.6) is 5.75 Å². The maximum Gasteiger partial charge on any atom is 0.339 e. The Hall–Kier alpha value is -2.77. The van der Waals surface area contributed by atoms with E-state index in [1.807, 2.05) is 57.3 Å². The van der Waals surface area contributed by atoms with Gasteiger partial charge in [-0.05, 0) is 44.3 Å². The molecular weight excluding hydrogens is 314 g/mol. The Labute approximate surface area is 150 Å². The van der Waals surface area contributed by atoms with Crippen molar-refractivity contribution >= 4 is 11.0 Å². The molecule has 134 valence electrons. The van der Waals surface area contributed by atoms with Gasteiger partial charge in [-0.25, -0.2) is 4.79 Å². The molecule has 1 N–H and O–H groups in total. The quantitative estimate of drug-likeness (QED) is 0.718. The van der Waals surface area contributed by atoms with Crippen LogP contribution < -0.4 is 15.7 Å². The molecule has 0 fully saturated rings. The number of benzene rings is 1. The molecule has 0 aliphatic rings. The van der Waals surface area contributed by atoms with Crippen LogP contribution in [0.2, 0.25) is 0 Å². The van der Waals surface area contributed by atoms with Gasteiger partial charge in [0.25, 0.3) is 0 Å². The van der Waals surface area contributed by atoms with Gasteiger partial charge >= 0.3 is 5.63 Å². The van der Waals surface area contributed by atoms with E-state index < -0.39 is 0 Å². The molecule has 0 unspecified atom stereocenters. The van der Waals surface area contributed by atoms with E-state index in [0.29, 0.717) is 11.1 Å². The van der Waals surface area contributed by atoms with Crippen LogP contribution in [-0.4, -0.2) is 14.2 Å². The zero-order valence-corrected chi connectivity index (χ0v) is 15.5. The third kappa shape index (κ3) is 5.98. The van der Waals surface area contributed by atoms with Gasteiger partial charge in [0.2, 0.25) is 0 Å². The molecule has 1 aromatic heterocycles. The van der Waals surface area contributed by atoms with E-state index in [4.69, 9.17) is 9.15 Å². The topological polar surface area (TPSA) is 51.5 Å². The number of nitrogens with one attached hydrogen (secondary N) is 1. The average molecular weight is 341 g/mol. The molecule has 3 rings (SSSR count). The number of rotatable bonds is 3. The Balaban J connectivity index is 0.000000426. The van der Waals surface area contributed by atoms with Gasteiger partial charge in [0.15, 0.2) is 5.75 Å². The SMILES string of the molecule is CC.CNCc1ccc#cc1OC.Cc1cc2ccccc2oc1=O.[HH]. The van der Waals surface area contributed by atoms with Crippen molar-refractivity contribution in [1.82, 2.24) is 5.32 Å². The summed E-state index contributed by atoms with van der Waals surface area (Å²) in [5.41, 5.74) is 2.14. The minimum absolute atomic E-state index is 0. The number of para-hydroxylation sites is 1. The van der Waals surface area contributed by atoms with Crippen molar-refractivity contribution in [1.29, 1.82) is 0 Å². The summed E-state index contributed by atoms with van der Waals surface area (Å²) in [7, 11) is 3.54. The van der Waals surface area contributed by atoms with Crippen molar-refractivity contribution in [2.45, 2.75) is 27.3 Å². The number of fused-ring (bicyclic) bond motifs is 1. The van der Waals surface area contributed by atoms with Crippen LogP contribution in [0.3, 0.4) is 0 Å². The van der Waals surface area contributed by atoms with Crippen LogP contribution in [0.4, 0.5) is 0 Å². The lowest BCUT2D eigenvalue weighted by atomic mass is 10.2. The number of hydrogen-bond donors (Lipinski definition) is 1. The van der Waals surface area contributed by atoms with E-state index in [1.165, 1.54) is 0 Å². The first-order valence-electron chi connectivity index (χ1n) is 8.25. The predicted octanol–water partition coefficient (Wildman–Crippen LogP) is 4.39. The molecule has 0 saturated carbocycles. The summed E-state index contributed by atoms with van der Waals surface area (Å²) in [6, 6.07) is 18.8. The van der Waals surface area contributed by atoms with Crippen molar-refractivity contribution in [3.63, 3.8) is 0 Å². The zero-order valence-electron chi connectivity index (χ0n) is 15.5. The number of methoxy groups -OCH3 is 1. The maximum absolute atomic E-state index is 11.1. The van der Waals surface area contributed by atoms with Crippen LogP contribution in [0.15, 0.2) is 51.7 Å². The minimum atomic E-state index is -0.256. The summed E-state index contributed by atoms with van der Waals surface area (Å²) in [5.74, 6) is 0.766. The molecule has 0 radical (unpaired) electrons. The highest BCUT2D eigenvalue weighted by atomic mass is 16.5. The third-order valence-electron chi connectivity index (χ3n) is 3.23. The molecule has 1 heterocycles. The lowest BCUT2D eigenvalue weighted by Gasteiger charge is -2.02. The van der Waals surface area contributed by atoms with Gasteiger partial charge in [0.05, 0.1) is 7.11 Å². The molecule has 0 aliphatic carbocycles. The van der Waals surface area contributed by atoms with E-state index in [9.17, 15) is 4.79 Å². The summed E-state index contributed by atoms with van der Waals surface area (Å²) in [6.07, 6.45) is 0. The Morgan fingerprint density at radius 1 is 1.24 bits per heavy atom. The first kappa shape index (κ1) is 20.3. The number of aryl methyl sites for hydroxylation is 1. The second-order valence-electron chi connectivity index (χ2n) is 4.95. The van der Waals surface area contributed by atoms with Crippen molar-refractivity contribution in [3.8, 4) is 5.75 Å². The molecule has 25 heavy (non-hydrogen) atoms. The lowest BCUT2D eigenvalue weighted by Crippen LogP contribution is -2.05. The van der Waals surface area contributed by atoms with E-state index in [-0.39, 0.29) is 7.05 Å². The van der Waals surface area contributed by atoms with E-state index in [0.717, 1.165) is 23.2 Å². The van der Waals surface area contributed by atoms with Gasteiger partial charge in [-0.3, -0.25) is 0 Å². The van der Waals surface area contributed by atoms with Crippen LogP contribution in [0, 0.1) is 19.1 Å². The average Bonchev–Trinajstić information content (AvgIpc) is 2.65. The van der Waals surface area contributed by atoms with Crippen molar-refractivity contribution in [3.05, 3.63) is 76.1 Å². The summed E-state index contributed by atoms with van der Waals surface area (Å²) in [6.45, 7) is 6.55. The highest BCUT2D eigenvalue weighted by Crippen LogP contribution is 2.12. The molecule has 4 nitrogen and oxygen atoms in total. The number of hydrogen-bond acceptors (Lipinski definition) is 4. The molecule has 0 atom stereocenters. The maximum atomic E-state index is 11.1.